The minimum Gasteiger partial charge on any atom is -0.314 e. The monoisotopic (exact) mass is 297 g/mol. The molecule has 2 rings (SSSR count). The van der Waals surface area contributed by atoms with Gasteiger partial charge in [-0.15, -0.1) is 0 Å². The number of nitrogens with zero attached hydrogens (tertiary/aromatic N) is 2. The number of hydrogen-bond acceptors (Lipinski definition) is 5. The molecule has 20 heavy (non-hydrogen) atoms. The molecule has 0 aromatic carbocycles. The summed E-state index contributed by atoms with van der Waals surface area (Å²) in [5, 5.41) is 14.5. The second-order valence-corrected chi connectivity index (χ2v) is 6.80. The van der Waals surface area contributed by atoms with Crippen LogP contribution in [0.4, 0.5) is 5.00 Å². The van der Waals surface area contributed by atoms with Gasteiger partial charge in [0.05, 0.1) is 4.92 Å². The molecule has 1 atom stereocenters. The Morgan fingerprint density at radius 1 is 1.35 bits per heavy atom. The Balaban J connectivity index is 2.12. The molecule has 0 unspecified atom stereocenters. The van der Waals surface area contributed by atoms with Gasteiger partial charge in [0.15, 0.2) is 0 Å². The molecule has 0 aliphatic carbocycles. The van der Waals surface area contributed by atoms with Crippen molar-refractivity contribution in [3.05, 3.63) is 27.1 Å². The molecule has 5 nitrogen and oxygen atoms in total. The Morgan fingerprint density at radius 3 is 2.60 bits per heavy atom. The van der Waals surface area contributed by atoms with Crippen LogP contribution in [-0.2, 0) is 0 Å². The van der Waals surface area contributed by atoms with Gasteiger partial charge in [-0.05, 0) is 24.8 Å². The predicted octanol–water partition coefficient (Wildman–Crippen LogP) is 3.04. The van der Waals surface area contributed by atoms with Crippen molar-refractivity contribution in [2.24, 2.45) is 5.92 Å². The predicted molar refractivity (Wildman–Crippen MR) is 82.2 cm³/mol. The normalized spacial score (nSPS) is 18.4. The van der Waals surface area contributed by atoms with Gasteiger partial charge in [0, 0.05) is 43.2 Å². The Labute approximate surface area is 124 Å². The van der Waals surface area contributed by atoms with E-state index >= 15 is 0 Å². The fourth-order valence-corrected chi connectivity index (χ4v) is 3.60. The molecular weight excluding hydrogens is 274 g/mol. The van der Waals surface area contributed by atoms with E-state index in [0.717, 1.165) is 43.9 Å². The largest absolute Gasteiger partial charge is 0.324 e. The summed E-state index contributed by atoms with van der Waals surface area (Å²) in [5.41, 5.74) is 0. The summed E-state index contributed by atoms with van der Waals surface area (Å²) in [5.74, 6) is 0.662. The van der Waals surface area contributed by atoms with E-state index in [4.69, 9.17) is 0 Å². The highest BCUT2D eigenvalue weighted by Gasteiger charge is 2.25. The SMILES string of the molecule is CC(C)CC[C@H](c1ccc([N+](=O)[O-])s1)N1CCNCC1. The third kappa shape index (κ3) is 4.01. The van der Waals surface area contributed by atoms with E-state index in [1.165, 1.54) is 11.3 Å². The number of thiophene rings is 1. The molecule has 1 aliphatic rings. The van der Waals surface area contributed by atoms with Crippen molar-refractivity contribution in [3.63, 3.8) is 0 Å². The summed E-state index contributed by atoms with van der Waals surface area (Å²) in [6.45, 7) is 8.51. The highest BCUT2D eigenvalue weighted by Crippen LogP contribution is 2.35. The highest BCUT2D eigenvalue weighted by atomic mass is 32.1. The summed E-state index contributed by atoms with van der Waals surface area (Å²) < 4.78 is 0. The summed E-state index contributed by atoms with van der Waals surface area (Å²) in [6.07, 6.45) is 2.23. The van der Waals surface area contributed by atoms with Crippen molar-refractivity contribution < 1.29 is 4.92 Å². The van der Waals surface area contributed by atoms with Crippen LogP contribution in [0.25, 0.3) is 0 Å². The van der Waals surface area contributed by atoms with Crippen LogP contribution >= 0.6 is 11.3 Å². The summed E-state index contributed by atoms with van der Waals surface area (Å²) >= 11 is 1.33. The number of hydrogen-bond donors (Lipinski definition) is 1. The van der Waals surface area contributed by atoms with Gasteiger partial charge in [0.2, 0.25) is 0 Å². The second kappa shape index (κ2) is 7.15. The Kier molecular flexibility index (Phi) is 5.51. The number of nitrogens with one attached hydrogen (secondary N) is 1. The average Bonchev–Trinajstić information content (AvgIpc) is 2.90. The smallest absolute Gasteiger partial charge is 0.314 e. The molecule has 1 aromatic heterocycles. The zero-order valence-corrected chi connectivity index (χ0v) is 13.0. The van der Waals surface area contributed by atoms with Crippen molar-refractivity contribution >= 4 is 16.3 Å². The molecule has 6 heteroatoms. The van der Waals surface area contributed by atoms with E-state index in [1.54, 1.807) is 6.07 Å². The third-order valence-corrected chi connectivity index (χ3v) is 4.87. The van der Waals surface area contributed by atoms with Crippen LogP contribution in [0.15, 0.2) is 12.1 Å². The van der Waals surface area contributed by atoms with Crippen molar-refractivity contribution in [1.29, 1.82) is 0 Å². The maximum absolute atomic E-state index is 10.9. The van der Waals surface area contributed by atoms with E-state index in [0.29, 0.717) is 12.0 Å². The van der Waals surface area contributed by atoms with Gasteiger partial charge in [-0.25, -0.2) is 0 Å². The highest BCUT2D eigenvalue weighted by molar-refractivity contribution is 7.15. The Hall–Kier alpha value is -0.980. The Bertz CT molecular complexity index is 441. The molecule has 0 bridgehead atoms. The molecule has 0 amide bonds. The quantitative estimate of drug-likeness (QED) is 0.647. The van der Waals surface area contributed by atoms with Crippen LogP contribution in [-0.4, -0.2) is 36.0 Å². The second-order valence-electron chi connectivity index (χ2n) is 5.71. The van der Waals surface area contributed by atoms with E-state index in [1.807, 2.05) is 6.07 Å². The molecule has 0 radical (unpaired) electrons. The molecule has 1 aliphatic heterocycles. The van der Waals surface area contributed by atoms with Gasteiger partial charge >= 0.3 is 5.00 Å². The molecule has 2 heterocycles. The first-order valence-electron chi connectivity index (χ1n) is 7.27. The molecule has 1 fully saturated rings. The summed E-state index contributed by atoms with van der Waals surface area (Å²) in [6, 6.07) is 3.92. The topological polar surface area (TPSA) is 58.4 Å². The third-order valence-electron chi connectivity index (χ3n) is 3.73. The molecule has 0 saturated carbocycles. The minimum atomic E-state index is -0.286. The number of piperazine rings is 1. The van der Waals surface area contributed by atoms with Crippen LogP contribution in [0.2, 0.25) is 0 Å². The van der Waals surface area contributed by atoms with Gasteiger partial charge in [0.25, 0.3) is 0 Å². The van der Waals surface area contributed by atoms with Crippen molar-refractivity contribution in [1.82, 2.24) is 10.2 Å². The lowest BCUT2D eigenvalue weighted by Gasteiger charge is -2.34. The van der Waals surface area contributed by atoms with Crippen LogP contribution in [0, 0.1) is 16.0 Å². The maximum Gasteiger partial charge on any atom is 0.324 e. The first kappa shape index (κ1) is 15.4. The van der Waals surface area contributed by atoms with E-state index < -0.39 is 0 Å². The van der Waals surface area contributed by atoms with E-state index in [9.17, 15) is 10.1 Å². The van der Waals surface area contributed by atoms with E-state index in [-0.39, 0.29) is 9.92 Å². The Morgan fingerprint density at radius 2 is 2.05 bits per heavy atom. The fourth-order valence-electron chi connectivity index (χ4n) is 2.61. The van der Waals surface area contributed by atoms with Crippen LogP contribution in [0.1, 0.15) is 37.6 Å². The van der Waals surface area contributed by atoms with Gasteiger partial charge in [0.1, 0.15) is 0 Å². The molecule has 1 N–H and O–H groups in total. The average molecular weight is 297 g/mol. The molecule has 1 aromatic rings. The minimum absolute atomic E-state index is 0.254. The first-order chi connectivity index (χ1) is 9.58. The van der Waals surface area contributed by atoms with E-state index in [2.05, 4.69) is 24.1 Å². The standard InChI is InChI=1S/C14H23N3O2S/c1-11(2)3-4-12(16-9-7-15-8-10-16)13-5-6-14(20-13)17(18)19/h5-6,11-12,15H,3-4,7-10H2,1-2H3/t12-/m1/s1. The maximum atomic E-state index is 10.9. The van der Waals surface area contributed by atoms with Crippen LogP contribution in [0.5, 0.6) is 0 Å². The van der Waals surface area contributed by atoms with Crippen LogP contribution in [0.3, 0.4) is 0 Å². The molecule has 0 spiro atoms. The summed E-state index contributed by atoms with van der Waals surface area (Å²) in [4.78, 5) is 14.2. The van der Waals surface area contributed by atoms with Gasteiger partial charge < -0.3 is 5.32 Å². The number of nitro groups is 1. The summed E-state index contributed by atoms with van der Waals surface area (Å²) in [7, 11) is 0. The zero-order chi connectivity index (χ0) is 14.5. The van der Waals surface area contributed by atoms with Crippen LogP contribution < -0.4 is 5.32 Å². The fraction of sp³-hybridized carbons (Fsp3) is 0.714. The van der Waals surface area contributed by atoms with Gasteiger partial charge in [-0.3, -0.25) is 15.0 Å². The molecule has 112 valence electrons. The van der Waals surface area contributed by atoms with Gasteiger partial charge in [-0.1, -0.05) is 25.2 Å². The molecular formula is C14H23N3O2S. The number of rotatable bonds is 6. The van der Waals surface area contributed by atoms with Crippen molar-refractivity contribution in [3.8, 4) is 0 Å². The van der Waals surface area contributed by atoms with Crippen molar-refractivity contribution in [2.45, 2.75) is 32.7 Å². The van der Waals surface area contributed by atoms with Crippen molar-refractivity contribution in [2.75, 3.05) is 26.2 Å². The first-order valence-corrected chi connectivity index (χ1v) is 8.08. The lowest BCUT2D eigenvalue weighted by Crippen LogP contribution is -2.45. The zero-order valence-electron chi connectivity index (χ0n) is 12.2. The van der Waals surface area contributed by atoms with Gasteiger partial charge in [-0.2, -0.15) is 0 Å². The lowest BCUT2D eigenvalue weighted by atomic mass is 10.0. The lowest BCUT2D eigenvalue weighted by molar-refractivity contribution is -0.380. The molecule has 1 saturated heterocycles.